The Balaban J connectivity index is 1.55. The van der Waals surface area contributed by atoms with E-state index in [-0.39, 0.29) is 22.9 Å². The molecule has 0 spiro atoms. The van der Waals surface area contributed by atoms with E-state index in [4.69, 9.17) is 0 Å². The zero-order chi connectivity index (χ0) is 16.4. The molecule has 6 heteroatoms. The second-order valence-corrected chi connectivity index (χ2v) is 7.58. The first kappa shape index (κ1) is 16.3. The summed E-state index contributed by atoms with van der Waals surface area (Å²) in [6.45, 7) is 0.772. The Bertz CT molecular complexity index is 606. The molecule has 3 rings (SSSR count). The molecule has 1 aliphatic carbocycles. The lowest BCUT2D eigenvalue weighted by Crippen LogP contribution is -2.55. The van der Waals surface area contributed by atoms with Crippen molar-refractivity contribution in [2.45, 2.75) is 30.6 Å². The van der Waals surface area contributed by atoms with Crippen LogP contribution in [0.25, 0.3) is 0 Å². The van der Waals surface area contributed by atoms with Gasteiger partial charge >= 0.3 is 0 Å². The van der Waals surface area contributed by atoms with E-state index in [2.05, 4.69) is 5.32 Å². The topological polar surface area (TPSA) is 49.4 Å². The number of hydrogen-bond donors (Lipinski definition) is 1. The third kappa shape index (κ3) is 4.05. The van der Waals surface area contributed by atoms with E-state index >= 15 is 0 Å². The normalized spacial score (nSPS) is 24.2. The number of thioether (sulfide) groups is 1. The maximum absolute atomic E-state index is 13.7. The summed E-state index contributed by atoms with van der Waals surface area (Å²) in [5.74, 6) is 0.677. The molecule has 1 aliphatic heterocycles. The van der Waals surface area contributed by atoms with Crippen molar-refractivity contribution in [2.24, 2.45) is 5.92 Å². The van der Waals surface area contributed by atoms with Crippen molar-refractivity contribution in [3.63, 3.8) is 0 Å². The maximum atomic E-state index is 13.7. The molecule has 2 aliphatic rings. The van der Waals surface area contributed by atoms with E-state index in [1.54, 1.807) is 30.1 Å². The van der Waals surface area contributed by atoms with Crippen molar-refractivity contribution in [3.05, 3.63) is 35.6 Å². The third-order valence-corrected chi connectivity index (χ3v) is 5.65. The lowest BCUT2D eigenvalue weighted by atomic mass is 10.1. The Morgan fingerprint density at radius 1 is 1.39 bits per heavy atom. The van der Waals surface area contributed by atoms with Gasteiger partial charge in [0.25, 0.3) is 0 Å². The molecule has 0 unspecified atom stereocenters. The van der Waals surface area contributed by atoms with E-state index in [1.807, 2.05) is 0 Å². The summed E-state index contributed by atoms with van der Waals surface area (Å²) in [6, 6.07) is 6.04. The van der Waals surface area contributed by atoms with Gasteiger partial charge in [-0.3, -0.25) is 9.59 Å². The monoisotopic (exact) mass is 336 g/mol. The molecule has 2 atom stereocenters. The molecule has 23 heavy (non-hydrogen) atoms. The van der Waals surface area contributed by atoms with E-state index in [9.17, 15) is 14.0 Å². The number of carbonyl (C=O) groups excluding carboxylic acids is 2. The molecule has 1 aromatic carbocycles. The number of hydrogen-bond acceptors (Lipinski definition) is 3. The molecule has 2 amide bonds. The van der Waals surface area contributed by atoms with Gasteiger partial charge in [-0.05, 0) is 36.8 Å². The minimum atomic E-state index is -0.465. The van der Waals surface area contributed by atoms with Crippen LogP contribution in [0.2, 0.25) is 0 Å². The Hall–Kier alpha value is -1.56. The number of nitrogens with one attached hydrogen (secondary N) is 1. The average molecular weight is 336 g/mol. The Morgan fingerprint density at radius 3 is 2.78 bits per heavy atom. The van der Waals surface area contributed by atoms with Crippen LogP contribution in [0.5, 0.6) is 0 Å². The van der Waals surface area contributed by atoms with E-state index in [0.29, 0.717) is 23.7 Å². The SMILES string of the molecule is CN(CC1CC1)C(=O)[C@@H]1CS[C@@H](Cc2ccccc2F)C(=O)N1. The summed E-state index contributed by atoms with van der Waals surface area (Å²) in [4.78, 5) is 26.3. The van der Waals surface area contributed by atoms with Crippen LogP contribution in [-0.4, -0.2) is 47.4 Å². The number of rotatable bonds is 5. The summed E-state index contributed by atoms with van der Waals surface area (Å²) in [6.07, 6.45) is 2.73. The fourth-order valence-electron chi connectivity index (χ4n) is 2.79. The standard InChI is InChI=1S/C17H21FN2O2S/c1-20(9-11-6-7-11)17(22)14-10-23-15(16(21)19-14)8-12-4-2-3-5-13(12)18/h2-5,11,14-15H,6-10H2,1H3,(H,19,21)/t14-,15-/m0/s1. The minimum Gasteiger partial charge on any atom is -0.344 e. The molecule has 124 valence electrons. The zero-order valence-corrected chi connectivity index (χ0v) is 13.9. The van der Waals surface area contributed by atoms with Crippen LogP contribution in [0.3, 0.4) is 0 Å². The van der Waals surface area contributed by atoms with E-state index < -0.39 is 6.04 Å². The molecule has 0 bridgehead atoms. The quantitative estimate of drug-likeness (QED) is 0.893. The number of carbonyl (C=O) groups is 2. The van der Waals surface area contributed by atoms with Gasteiger partial charge in [-0.25, -0.2) is 4.39 Å². The van der Waals surface area contributed by atoms with Gasteiger partial charge in [0, 0.05) is 19.3 Å². The van der Waals surface area contributed by atoms with Crippen LogP contribution in [0.4, 0.5) is 4.39 Å². The summed E-state index contributed by atoms with van der Waals surface area (Å²) >= 11 is 1.44. The molecule has 2 fully saturated rings. The highest BCUT2D eigenvalue weighted by Gasteiger charge is 2.35. The Labute approximate surface area is 139 Å². The summed E-state index contributed by atoms with van der Waals surface area (Å²) in [7, 11) is 1.79. The summed E-state index contributed by atoms with van der Waals surface area (Å²) < 4.78 is 13.7. The van der Waals surface area contributed by atoms with Gasteiger partial charge in [0.2, 0.25) is 11.8 Å². The van der Waals surface area contributed by atoms with Gasteiger partial charge in [0.15, 0.2) is 0 Å². The number of likely N-dealkylation sites (N-methyl/N-ethyl adjacent to an activating group) is 1. The first-order valence-electron chi connectivity index (χ1n) is 7.95. The van der Waals surface area contributed by atoms with Gasteiger partial charge in [-0.15, -0.1) is 11.8 Å². The first-order chi connectivity index (χ1) is 11.0. The van der Waals surface area contributed by atoms with Gasteiger partial charge in [-0.2, -0.15) is 0 Å². The molecule has 1 aromatic rings. The van der Waals surface area contributed by atoms with Gasteiger partial charge in [0.1, 0.15) is 11.9 Å². The van der Waals surface area contributed by atoms with Crippen molar-refractivity contribution in [1.29, 1.82) is 0 Å². The number of halogens is 1. The van der Waals surface area contributed by atoms with Crippen LogP contribution in [-0.2, 0) is 16.0 Å². The minimum absolute atomic E-state index is 0.0258. The average Bonchev–Trinajstić information content (AvgIpc) is 3.34. The van der Waals surface area contributed by atoms with Crippen molar-refractivity contribution in [3.8, 4) is 0 Å². The predicted octanol–water partition coefficient (Wildman–Crippen LogP) is 1.84. The molecule has 0 radical (unpaired) electrons. The Morgan fingerprint density at radius 2 is 2.13 bits per heavy atom. The molecule has 1 N–H and O–H groups in total. The molecule has 4 nitrogen and oxygen atoms in total. The number of amides is 2. The summed E-state index contributed by atoms with van der Waals surface area (Å²) in [5, 5.41) is 2.46. The van der Waals surface area contributed by atoms with Crippen molar-refractivity contribution >= 4 is 23.6 Å². The smallest absolute Gasteiger partial charge is 0.245 e. The molecular formula is C17H21FN2O2S. The molecule has 0 aromatic heterocycles. The Kier molecular flexibility index (Phi) is 4.90. The molecule has 1 saturated carbocycles. The zero-order valence-electron chi connectivity index (χ0n) is 13.1. The van der Waals surface area contributed by atoms with Gasteiger partial charge in [-0.1, -0.05) is 18.2 Å². The fraction of sp³-hybridized carbons (Fsp3) is 0.529. The lowest BCUT2D eigenvalue weighted by molar-refractivity contribution is -0.135. The molecule has 1 saturated heterocycles. The van der Waals surface area contributed by atoms with Crippen LogP contribution in [0, 0.1) is 11.7 Å². The maximum Gasteiger partial charge on any atom is 0.245 e. The van der Waals surface area contributed by atoms with Crippen molar-refractivity contribution in [2.75, 3.05) is 19.3 Å². The van der Waals surface area contributed by atoms with Crippen LogP contribution < -0.4 is 5.32 Å². The molecular weight excluding hydrogens is 315 g/mol. The van der Waals surface area contributed by atoms with Gasteiger partial charge in [0.05, 0.1) is 5.25 Å². The van der Waals surface area contributed by atoms with Crippen LogP contribution in [0.15, 0.2) is 24.3 Å². The van der Waals surface area contributed by atoms with Crippen molar-refractivity contribution < 1.29 is 14.0 Å². The second-order valence-electron chi connectivity index (χ2n) is 6.34. The first-order valence-corrected chi connectivity index (χ1v) is 9.00. The fourth-order valence-corrected chi connectivity index (χ4v) is 3.95. The number of benzene rings is 1. The van der Waals surface area contributed by atoms with Crippen molar-refractivity contribution in [1.82, 2.24) is 10.2 Å². The third-order valence-electron chi connectivity index (χ3n) is 4.34. The second kappa shape index (κ2) is 6.91. The highest BCUT2D eigenvalue weighted by molar-refractivity contribution is 8.00. The highest BCUT2D eigenvalue weighted by Crippen LogP contribution is 2.30. The van der Waals surface area contributed by atoms with E-state index in [0.717, 1.165) is 6.54 Å². The van der Waals surface area contributed by atoms with E-state index in [1.165, 1.54) is 30.7 Å². The highest BCUT2D eigenvalue weighted by atomic mass is 32.2. The predicted molar refractivity (Wildman–Crippen MR) is 88.6 cm³/mol. The molecule has 1 heterocycles. The summed E-state index contributed by atoms with van der Waals surface area (Å²) in [5.41, 5.74) is 0.538. The van der Waals surface area contributed by atoms with Crippen LogP contribution in [0.1, 0.15) is 18.4 Å². The van der Waals surface area contributed by atoms with Crippen LogP contribution >= 0.6 is 11.8 Å². The largest absolute Gasteiger partial charge is 0.344 e. The van der Waals surface area contributed by atoms with Gasteiger partial charge < -0.3 is 10.2 Å². The lowest BCUT2D eigenvalue weighted by Gasteiger charge is -2.31. The number of nitrogens with zero attached hydrogens (tertiary/aromatic N) is 1.